The predicted octanol–water partition coefficient (Wildman–Crippen LogP) is 5.47. The molecule has 2 N–H and O–H groups in total. The highest BCUT2D eigenvalue weighted by atomic mass is 35.5. The van der Waals surface area contributed by atoms with Crippen molar-refractivity contribution in [3.63, 3.8) is 0 Å². The number of hydrogen-bond donors (Lipinski definition) is 2. The number of halogens is 1. The average molecular weight is 538 g/mol. The largest absolute Gasteiger partial charge is 0.385 e. The number of ether oxygens (including phenoxy) is 1. The molecule has 0 saturated carbocycles. The van der Waals surface area contributed by atoms with E-state index in [0.29, 0.717) is 48.8 Å². The summed E-state index contributed by atoms with van der Waals surface area (Å²) in [6, 6.07) is 11.9. The van der Waals surface area contributed by atoms with Crippen molar-refractivity contribution in [3.05, 3.63) is 59.1 Å². The van der Waals surface area contributed by atoms with Crippen molar-refractivity contribution < 1.29 is 19.1 Å². The number of nitrogens with zero attached hydrogens (tertiary/aromatic N) is 3. The summed E-state index contributed by atoms with van der Waals surface area (Å²) in [5, 5.41) is 14.9. The van der Waals surface area contributed by atoms with Gasteiger partial charge in [-0.1, -0.05) is 25.1 Å². The second kappa shape index (κ2) is 13.1. The molecule has 9 nitrogen and oxygen atoms in total. The fraction of sp³-hybridized carbons (Fsp3) is 0.357. The highest BCUT2D eigenvalue weighted by Gasteiger charge is 2.32. The van der Waals surface area contributed by atoms with Crippen molar-refractivity contribution in [2.75, 3.05) is 42.3 Å². The van der Waals surface area contributed by atoms with Gasteiger partial charge in [0.25, 0.3) is 0 Å². The summed E-state index contributed by atoms with van der Waals surface area (Å²) in [7, 11) is 1.62. The molecule has 0 fully saturated rings. The number of carbonyl (C=O) groups is 3. The summed E-state index contributed by atoms with van der Waals surface area (Å²) in [4.78, 5) is 41.5. The average Bonchev–Trinajstić information content (AvgIpc) is 2.86. The first-order chi connectivity index (χ1) is 18.2. The van der Waals surface area contributed by atoms with E-state index in [-0.39, 0.29) is 41.6 Å². The zero-order chi connectivity index (χ0) is 27.8. The highest BCUT2D eigenvalue weighted by Crippen LogP contribution is 2.37. The van der Waals surface area contributed by atoms with Crippen LogP contribution in [0.3, 0.4) is 0 Å². The van der Waals surface area contributed by atoms with E-state index in [1.54, 1.807) is 29.0 Å². The van der Waals surface area contributed by atoms with E-state index in [2.05, 4.69) is 17.2 Å². The quantitative estimate of drug-likeness (QED) is 0.369. The number of fused-ring (bicyclic) bond motifs is 1. The van der Waals surface area contributed by atoms with Crippen molar-refractivity contribution in [2.45, 2.75) is 33.1 Å². The van der Waals surface area contributed by atoms with Crippen molar-refractivity contribution in [2.24, 2.45) is 5.92 Å². The van der Waals surface area contributed by atoms with E-state index >= 15 is 0 Å². The van der Waals surface area contributed by atoms with Crippen molar-refractivity contribution in [1.82, 2.24) is 4.90 Å². The first-order valence-electron chi connectivity index (χ1n) is 12.4. The second-order valence-electron chi connectivity index (χ2n) is 9.12. The fourth-order valence-corrected chi connectivity index (χ4v) is 4.53. The molecule has 1 unspecified atom stereocenters. The van der Waals surface area contributed by atoms with Crippen LogP contribution in [0.4, 0.5) is 21.9 Å². The maximum atomic E-state index is 13.0. The number of carbonyl (C=O) groups excluding carboxylic acids is 3. The lowest BCUT2D eigenvalue weighted by molar-refractivity contribution is -0.118. The van der Waals surface area contributed by atoms with Gasteiger partial charge in [-0.2, -0.15) is 5.26 Å². The summed E-state index contributed by atoms with van der Waals surface area (Å²) in [5.41, 5.74) is 3.50. The van der Waals surface area contributed by atoms with Gasteiger partial charge in [0, 0.05) is 62.3 Å². The molecule has 1 aliphatic rings. The second-order valence-corrected chi connectivity index (χ2v) is 9.53. The number of benzene rings is 2. The summed E-state index contributed by atoms with van der Waals surface area (Å²) < 4.78 is 5.13. The zero-order valence-electron chi connectivity index (χ0n) is 21.8. The molecule has 2 aromatic carbocycles. The fourth-order valence-electron chi connectivity index (χ4n) is 4.31. The van der Waals surface area contributed by atoms with E-state index in [0.717, 1.165) is 11.3 Å². The lowest BCUT2D eigenvalue weighted by Crippen LogP contribution is -2.46. The van der Waals surface area contributed by atoms with Gasteiger partial charge in [-0.3, -0.25) is 19.4 Å². The molecule has 0 aliphatic carbocycles. The molecule has 38 heavy (non-hydrogen) atoms. The van der Waals surface area contributed by atoms with E-state index in [1.165, 1.54) is 12.1 Å². The predicted molar refractivity (Wildman–Crippen MR) is 149 cm³/mol. The molecular formula is C28H32ClN5O4. The molecular weight excluding hydrogens is 506 g/mol. The molecule has 1 atom stereocenters. The normalized spacial score (nSPS) is 13.6. The zero-order valence-corrected chi connectivity index (χ0v) is 22.6. The van der Waals surface area contributed by atoms with Gasteiger partial charge < -0.3 is 15.4 Å². The monoisotopic (exact) mass is 537 g/mol. The topological polar surface area (TPSA) is 115 Å². The van der Waals surface area contributed by atoms with Crippen LogP contribution in [0.2, 0.25) is 5.02 Å². The van der Waals surface area contributed by atoms with Gasteiger partial charge in [-0.05, 0) is 55.7 Å². The molecule has 2 aromatic rings. The Balaban J connectivity index is 1.62. The standard InChI is InChI=1S/C28H32ClN5O4/c1-5-33-19(3)23-15-21(9-10-25(23)34(28(33)37)11-6-12-38-4)31-26(35)13-18(2)14-27(36)32-22-8-7-20(17-30)24(29)16-22/h7-10,15-16,18H,3,5-6,11-14H2,1-2,4H3,(H,31,35)(H,32,36). The number of urea groups is 1. The Labute approximate surface area is 228 Å². The van der Waals surface area contributed by atoms with Gasteiger partial charge in [0.1, 0.15) is 6.07 Å². The third-order valence-corrected chi connectivity index (χ3v) is 6.47. The molecule has 3 rings (SSSR count). The Morgan fingerprint density at radius 1 is 1.11 bits per heavy atom. The van der Waals surface area contributed by atoms with Gasteiger partial charge in [-0.15, -0.1) is 0 Å². The number of methoxy groups -OCH3 is 1. The Kier molecular flexibility index (Phi) is 9.88. The number of anilines is 3. The van der Waals surface area contributed by atoms with Crippen LogP contribution in [0.15, 0.2) is 43.0 Å². The van der Waals surface area contributed by atoms with Crippen LogP contribution in [0.25, 0.3) is 5.70 Å². The third-order valence-electron chi connectivity index (χ3n) is 6.16. The molecule has 0 bridgehead atoms. The molecule has 4 amide bonds. The summed E-state index contributed by atoms with van der Waals surface area (Å²) >= 11 is 6.02. The summed E-state index contributed by atoms with van der Waals surface area (Å²) in [6.45, 7) is 9.34. The SMILES string of the molecule is C=C1c2cc(NC(=O)CC(C)CC(=O)Nc3ccc(C#N)c(Cl)c3)ccc2N(CCCOC)C(=O)N1CC. The van der Waals surface area contributed by atoms with Crippen LogP contribution >= 0.6 is 11.6 Å². The van der Waals surface area contributed by atoms with E-state index in [1.807, 2.05) is 32.0 Å². The van der Waals surface area contributed by atoms with Gasteiger partial charge in [0.15, 0.2) is 0 Å². The van der Waals surface area contributed by atoms with Crippen LogP contribution in [0.1, 0.15) is 44.2 Å². The van der Waals surface area contributed by atoms with Crippen LogP contribution in [-0.4, -0.2) is 49.6 Å². The van der Waals surface area contributed by atoms with E-state index < -0.39 is 0 Å². The van der Waals surface area contributed by atoms with E-state index in [9.17, 15) is 14.4 Å². The Morgan fingerprint density at radius 2 is 1.74 bits per heavy atom. The highest BCUT2D eigenvalue weighted by molar-refractivity contribution is 6.32. The van der Waals surface area contributed by atoms with Gasteiger partial charge >= 0.3 is 6.03 Å². The maximum absolute atomic E-state index is 13.0. The summed E-state index contributed by atoms with van der Waals surface area (Å²) in [5.74, 6) is -0.705. The third kappa shape index (κ3) is 6.91. The number of hydrogen-bond acceptors (Lipinski definition) is 5. The van der Waals surface area contributed by atoms with Crippen LogP contribution < -0.4 is 15.5 Å². The van der Waals surface area contributed by atoms with Gasteiger partial charge in [0.05, 0.1) is 16.3 Å². The molecule has 10 heteroatoms. The maximum Gasteiger partial charge on any atom is 0.328 e. The molecule has 0 saturated heterocycles. The molecule has 1 heterocycles. The molecule has 0 spiro atoms. The van der Waals surface area contributed by atoms with Gasteiger partial charge in [0.2, 0.25) is 11.8 Å². The minimum atomic E-state index is -0.256. The minimum absolute atomic E-state index is 0.131. The van der Waals surface area contributed by atoms with Crippen molar-refractivity contribution >= 4 is 52.2 Å². The summed E-state index contributed by atoms with van der Waals surface area (Å²) in [6.07, 6.45) is 0.964. The number of nitrogens with one attached hydrogen (secondary N) is 2. The van der Waals surface area contributed by atoms with Crippen LogP contribution in [-0.2, 0) is 14.3 Å². The van der Waals surface area contributed by atoms with Crippen molar-refractivity contribution in [1.29, 1.82) is 5.26 Å². The Morgan fingerprint density at radius 3 is 2.32 bits per heavy atom. The first kappa shape index (κ1) is 28.7. The molecule has 0 aromatic heterocycles. The van der Waals surface area contributed by atoms with Crippen LogP contribution in [0, 0.1) is 17.2 Å². The minimum Gasteiger partial charge on any atom is -0.385 e. The first-order valence-corrected chi connectivity index (χ1v) is 12.8. The van der Waals surface area contributed by atoms with Crippen molar-refractivity contribution in [3.8, 4) is 6.07 Å². The molecule has 1 aliphatic heterocycles. The molecule has 0 radical (unpaired) electrons. The van der Waals surface area contributed by atoms with Crippen LogP contribution in [0.5, 0.6) is 0 Å². The van der Waals surface area contributed by atoms with Gasteiger partial charge in [-0.25, -0.2) is 4.79 Å². The Hall–Kier alpha value is -3.87. The number of rotatable bonds is 11. The smallest absolute Gasteiger partial charge is 0.328 e. The lowest BCUT2D eigenvalue weighted by Gasteiger charge is -2.38. The number of amides is 4. The van der Waals surface area contributed by atoms with E-state index in [4.69, 9.17) is 21.6 Å². The lowest BCUT2D eigenvalue weighted by atomic mass is 10.0. The Bertz CT molecular complexity index is 1270. The number of nitriles is 1. The molecule has 200 valence electrons.